The second kappa shape index (κ2) is 6.35. The van der Waals surface area contributed by atoms with E-state index >= 15 is 0 Å². The smallest absolute Gasteiger partial charge is 0.0949 e. The van der Waals surface area contributed by atoms with Crippen molar-refractivity contribution in [3.8, 4) is 0 Å². The summed E-state index contributed by atoms with van der Waals surface area (Å²) >= 11 is 11.4. The molecule has 2 aromatic rings. The van der Waals surface area contributed by atoms with Crippen molar-refractivity contribution < 1.29 is 0 Å². The van der Waals surface area contributed by atoms with Gasteiger partial charge < -0.3 is 5.32 Å². The molecule has 0 saturated carbocycles. The number of nitrogens with zero attached hydrogens (tertiary/aromatic N) is 1. The molecule has 2 nitrogen and oxygen atoms in total. The van der Waals surface area contributed by atoms with E-state index < -0.39 is 0 Å². The van der Waals surface area contributed by atoms with Crippen LogP contribution in [0.15, 0.2) is 22.7 Å². The van der Waals surface area contributed by atoms with Crippen molar-refractivity contribution in [3.05, 3.63) is 48.8 Å². The van der Waals surface area contributed by atoms with E-state index in [1.165, 1.54) is 10.4 Å². The standard InChI is InChI=1S/C14H16BrClN2S/c1-8-9(2)19-14(18-8)7-13(17-3)11-6-10(16)4-5-12(11)15/h4-6,13,17H,7H2,1-3H3. The van der Waals surface area contributed by atoms with Crippen LogP contribution in [0.1, 0.15) is 27.2 Å². The van der Waals surface area contributed by atoms with Gasteiger partial charge in [-0.1, -0.05) is 27.5 Å². The van der Waals surface area contributed by atoms with Crippen LogP contribution in [0.3, 0.4) is 0 Å². The van der Waals surface area contributed by atoms with Crippen LogP contribution in [0.5, 0.6) is 0 Å². The van der Waals surface area contributed by atoms with Crippen LogP contribution in [0, 0.1) is 13.8 Å². The van der Waals surface area contributed by atoms with Crippen molar-refractivity contribution in [2.45, 2.75) is 26.3 Å². The van der Waals surface area contributed by atoms with E-state index in [9.17, 15) is 0 Å². The average Bonchev–Trinajstić information content (AvgIpc) is 2.69. The molecular formula is C14H16BrClN2S. The zero-order chi connectivity index (χ0) is 14.0. The zero-order valence-electron chi connectivity index (χ0n) is 11.1. The number of halogens is 2. The Morgan fingerprint density at radius 2 is 2.16 bits per heavy atom. The first-order valence-electron chi connectivity index (χ1n) is 6.06. The lowest BCUT2D eigenvalue weighted by Crippen LogP contribution is -2.19. The van der Waals surface area contributed by atoms with Crippen LogP contribution in [-0.2, 0) is 6.42 Å². The highest BCUT2D eigenvalue weighted by atomic mass is 79.9. The molecule has 1 aromatic heterocycles. The zero-order valence-corrected chi connectivity index (χ0v) is 14.3. The van der Waals surface area contributed by atoms with Gasteiger partial charge in [-0.15, -0.1) is 11.3 Å². The van der Waals surface area contributed by atoms with Crippen molar-refractivity contribution >= 4 is 38.9 Å². The average molecular weight is 360 g/mol. The molecule has 1 aromatic carbocycles. The van der Waals surface area contributed by atoms with Crippen molar-refractivity contribution in [3.63, 3.8) is 0 Å². The van der Waals surface area contributed by atoms with Gasteiger partial charge in [0.05, 0.1) is 10.7 Å². The van der Waals surface area contributed by atoms with Gasteiger partial charge >= 0.3 is 0 Å². The van der Waals surface area contributed by atoms with Crippen LogP contribution in [0.25, 0.3) is 0 Å². The maximum absolute atomic E-state index is 6.09. The van der Waals surface area contributed by atoms with E-state index in [1.807, 2.05) is 25.2 Å². The number of aryl methyl sites for hydroxylation is 2. The monoisotopic (exact) mass is 358 g/mol. The number of hydrogen-bond acceptors (Lipinski definition) is 3. The van der Waals surface area contributed by atoms with Gasteiger partial charge in [-0.3, -0.25) is 0 Å². The Kier molecular flexibility index (Phi) is 5.01. The summed E-state index contributed by atoms with van der Waals surface area (Å²) < 4.78 is 1.07. The molecule has 0 fully saturated rings. The van der Waals surface area contributed by atoms with Gasteiger partial charge in [0.15, 0.2) is 0 Å². The fourth-order valence-corrected chi connectivity index (χ4v) is 3.63. The highest BCUT2D eigenvalue weighted by Gasteiger charge is 2.16. The number of hydrogen-bond donors (Lipinski definition) is 1. The van der Waals surface area contributed by atoms with Crippen LogP contribution < -0.4 is 5.32 Å². The summed E-state index contributed by atoms with van der Waals surface area (Å²) in [7, 11) is 1.96. The van der Waals surface area contributed by atoms with Crippen LogP contribution in [0.2, 0.25) is 5.02 Å². The lowest BCUT2D eigenvalue weighted by atomic mass is 10.0. The third-order valence-electron chi connectivity index (χ3n) is 3.13. The van der Waals surface area contributed by atoms with Crippen LogP contribution >= 0.6 is 38.9 Å². The second-order valence-corrected chi connectivity index (χ2v) is 7.04. The summed E-state index contributed by atoms with van der Waals surface area (Å²) in [4.78, 5) is 5.89. The molecule has 0 spiro atoms. The van der Waals surface area contributed by atoms with Crippen LogP contribution in [0.4, 0.5) is 0 Å². The Hall–Kier alpha value is -0.420. The summed E-state index contributed by atoms with van der Waals surface area (Å²) in [6, 6.07) is 6.08. The third-order valence-corrected chi connectivity index (χ3v) is 5.19. The maximum atomic E-state index is 6.09. The molecule has 1 N–H and O–H groups in total. The van der Waals surface area contributed by atoms with E-state index in [0.717, 1.165) is 26.6 Å². The SMILES string of the molecule is CNC(Cc1nc(C)c(C)s1)c1cc(Cl)ccc1Br. The molecule has 102 valence electrons. The largest absolute Gasteiger partial charge is 0.313 e. The van der Waals surface area contributed by atoms with Gasteiger partial charge in [0.25, 0.3) is 0 Å². The summed E-state index contributed by atoms with van der Waals surface area (Å²) in [5.41, 5.74) is 2.29. The molecule has 0 aliphatic rings. The molecule has 0 aliphatic carbocycles. The molecule has 19 heavy (non-hydrogen) atoms. The van der Waals surface area contributed by atoms with Gasteiger partial charge in [-0.2, -0.15) is 0 Å². The molecule has 1 unspecified atom stereocenters. The molecule has 1 atom stereocenters. The van der Waals surface area contributed by atoms with Crippen molar-refractivity contribution in [2.24, 2.45) is 0 Å². The topological polar surface area (TPSA) is 24.9 Å². The predicted molar refractivity (Wildman–Crippen MR) is 86.2 cm³/mol. The molecule has 0 radical (unpaired) electrons. The van der Waals surface area contributed by atoms with E-state index in [4.69, 9.17) is 11.6 Å². The first-order chi connectivity index (χ1) is 9.01. The summed E-state index contributed by atoms with van der Waals surface area (Å²) in [5, 5.41) is 5.25. The number of aromatic nitrogens is 1. The molecule has 0 bridgehead atoms. The summed E-state index contributed by atoms with van der Waals surface area (Å²) in [6.45, 7) is 4.17. The van der Waals surface area contributed by atoms with Gasteiger partial charge in [0, 0.05) is 26.8 Å². The first kappa shape index (κ1) is 15.0. The highest BCUT2D eigenvalue weighted by Crippen LogP contribution is 2.30. The minimum atomic E-state index is 0.207. The third kappa shape index (κ3) is 3.57. The molecule has 0 saturated heterocycles. The van der Waals surface area contributed by atoms with E-state index in [1.54, 1.807) is 11.3 Å². The number of benzene rings is 1. The van der Waals surface area contributed by atoms with E-state index in [-0.39, 0.29) is 6.04 Å². The fraction of sp³-hybridized carbons (Fsp3) is 0.357. The predicted octanol–water partition coefficient (Wildman–Crippen LogP) is 4.68. The molecule has 1 heterocycles. The Balaban J connectivity index is 2.27. The quantitative estimate of drug-likeness (QED) is 0.857. The van der Waals surface area contributed by atoms with Crippen LogP contribution in [-0.4, -0.2) is 12.0 Å². The van der Waals surface area contributed by atoms with Gasteiger partial charge in [-0.25, -0.2) is 4.98 Å². The van der Waals surface area contributed by atoms with Gasteiger partial charge in [0.1, 0.15) is 0 Å². The first-order valence-corrected chi connectivity index (χ1v) is 8.05. The molecule has 0 aliphatic heterocycles. The molecule has 5 heteroatoms. The molecule has 0 amide bonds. The fourth-order valence-electron chi connectivity index (χ4n) is 1.95. The van der Waals surface area contributed by atoms with Crippen molar-refractivity contribution in [2.75, 3.05) is 7.05 Å². The summed E-state index contributed by atoms with van der Waals surface area (Å²) in [6.07, 6.45) is 0.870. The van der Waals surface area contributed by atoms with Gasteiger partial charge in [-0.05, 0) is 44.7 Å². The summed E-state index contributed by atoms with van der Waals surface area (Å²) in [5.74, 6) is 0. The van der Waals surface area contributed by atoms with E-state index in [2.05, 4.69) is 40.1 Å². The molecular weight excluding hydrogens is 344 g/mol. The van der Waals surface area contributed by atoms with Crippen molar-refractivity contribution in [1.82, 2.24) is 10.3 Å². The minimum absolute atomic E-state index is 0.207. The Labute approximate surface area is 131 Å². The van der Waals surface area contributed by atoms with Gasteiger partial charge in [0.2, 0.25) is 0 Å². The number of rotatable bonds is 4. The van der Waals surface area contributed by atoms with E-state index in [0.29, 0.717) is 0 Å². The number of nitrogens with one attached hydrogen (secondary N) is 1. The highest BCUT2D eigenvalue weighted by molar-refractivity contribution is 9.10. The Morgan fingerprint density at radius 3 is 2.74 bits per heavy atom. The lowest BCUT2D eigenvalue weighted by molar-refractivity contribution is 0.587. The lowest BCUT2D eigenvalue weighted by Gasteiger charge is -2.17. The Morgan fingerprint density at radius 1 is 1.42 bits per heavy atom. The number of likely N-dealkylation sites (N-methyl/N-ethyl adjacent to an activating group) is 1. The molecule has 2 rings (SSSR count). The maximum Gasteiger partial charge on any atom is 0.0949 e. The Bertz CT molecular complexity index is 563. The normalized spacial score (nSPS) is 12.7. The minimum Gasteiger partial charge on any atom is -0.313 e. The number of thiazole rings is 1. The second-order valence-electron chi connectivity index (χ2n) is 4.46. The van der Waals surface area contributed by atoms with Crippen molar-refractivity contribution in [1.29, 1.82) is 0 Å².